The molecular weight excluding hydrogens is 411 g/mol. The van der Waals surface area contributed by atoms with Crippen LogP contribution in [-0.2, 0) is 11.0 Å². The number of hydrogen-bond acceptors (Lipinski definition) is 6. The molecule has 31 heavy (non-hydrogen) atoms. The summed E-state index contributed by atoms with van der Waals surface area (Å²) in [4.78, 5) is 31.0. The van der Waals surface area contributed by atoms with Gasteiger partial charge in [0.15, 0.2) is 0 Å². The Labute approximate surface area is 177 Å². The van der Waals surface area contributed by atoms with E-state index in [1.165, 1.54) is 0 Å². The molecule has 1 fully saturated rings. The normalized spacial score (nSPS) is 18.5. The Morgan fingerprint density at radius 3 is 2.61 bits per heavy atom. The zero-order chi connectivity index (χ0) is 22.4. The van der Waals surface area contributed by atoms with Gasteiger partial charge in [0.05, 0.1) is 5.92 Å². The minimum atomic E-state index is -4.65. The van der Waals surface area contributed by atoms with Crippen molar-refractivity contribution in [2.24, 2.45) is 5.92 Å². The van der Waals surface area contributed by atoms with Crippen molar-refractivity contribution < 1.29 is 22.8 Å². The van der Waals surface area contributed by atoms with Gasteiger partial charge in [0.1, 0.15) is 17.7 Å². The standard InChI is InChI=1S/C21H24F3N5O2/c1-2-10-25-19(31)15-4-3-5-17(15)28-18-16(21(22,23)24)11-26-20(29-18)27-14-8-6-13(12-30)7-9-14/h6-9,11-12,15,17H,2-5,10H2,1H3,(H,25,31)(H2,26,27,28,29)/t15-,17+/m0/s1. The number of carbonyl (C=O) groups is 2. The summed E-state index contributed by atoms with van der Waals surface area (Å²) in [6.45, 7) is 2.46. The number of benzene rings is 1. The van der Waals surface area contributed by atoms with Crippen LogP contribution in [0, 0.1) is 5.92 Å². The van der Waals surface area contributed by atoms with Crippen molar-refractivity contribution in [3.05, 3.63) is 41.6 Å². The highest BCUT2D eigenvalue weighted by Crippen LogP contribution is 2.36. The Hall–Kier alpha value is -3.17. The maximum absolute atomic E-state index is 13.5. The molecule has 3 N–H and O–H groups in total. The number of nitrogens with one attached hydrogen (secondary N) is 3. The summed E-state index contributed by atoms with van der Waals surface area (Å²) in [5.41, 5.74) is -0.00201. The van der Waals surface area contributed by atoms with Gasteiger partial charge in [-0.25, -0.2) is 4.98 Å². The van der Waals surface area contributed by atoms with Crippen molar-refractivity contribution in [1.29, 1.82) is 0 Å². The average Bonchev–Trinajstić information content (AvgIpc) is 3.20. The Morgan fingerprint density at radius 1 is 1.23 bits per heavy atom. The number of anilines is 3. The number of amides is 1. The molecule has 2 atom stereocenters. The van der Waals surface area contributed by atoms with E-state index in [9.17, 15) is 22.8 Å². The maximum Gasteiger partial charge on any atom is 0.421 e. The Balaban J connectivity index is 1.83. The number of carbonyl (C=O) groups excluding carboxylic acids is 2. The summed E-state index contributed by atoms with van der Waals surface area (Å²) in [6.07, 6.45) is -0.542. The molecule has 2 aromatic rings. The van der Waals surface area contributed by atoms with Gasteiger partial charge in [0.25, 0.3) is 0 Å². The van der Waals surface area contributed by atoms with E-state index in [4.69, 9.17) is 0 Å². The number of alkyl halides is 3. The van der Waals surface area contributed by atoms with Gasteiger partial charge in [-0.05, 0) is 43.5 Å². The van der Waals surface area contributed by atoms with E-state index in [1.54, 1.807) is 24.3 Å². The van der Waals surface area contributed by atoms with E-state index in [0.717, 1.165) is 19.0 Å². The molecule has 0 unspecified atom stereocenters. The lowest BCUT2D eigenvalue weighted by atomic mass is 10.0. The number of rotatable bonds is 8. The average molecular weight is 435 g/mol. The van der Waals surface area contributed by atoms with Crippen molar-refractivity contribution in [3.63, 3.8) is 0 Å². The van der Waals surface area contributed by atoms with Crippen LogP contribution in [0.5, 0.6) is 0 Å². The summed E-state index contributed by atoms with van der Waals surface area (Å²) in [7, 11) is 0. The van der Waals surface area contributed by atoms with Crippen LogP contribution in [-0.4, -0.2) is 34.7 Å². The lowest BCUT2D eigenvalue weighted by Crippen LogP contribution is -2.38. The van der Waals surface area contributed by atoms with Gasteiger partial charge in [-0.3, -0.25) is 9.59 Å². The van der Waals surface area contributed by atoms with E-state index in [2.05, 4.69) is 25.9 Å². The van der Waals surface area contributed by atoms with E-state index >= 15 is 0 Å². The van der Waals surface area contributed by atoms with Crippen molar-refractivity contribution in [3.8, 4) is 0 Å². The smallest absolute Gasteiger partial charge is 0.366 e. The third-order valence-electron chi connectivity index (χ3n) is 5.12. The van der Waals surface area contributed by atoms with Gasteiger partial charge < -0.3 is 16.0 Å². The fourth-order valence-corrected chi connectivity index (χ4v) is 3.54. The van der Waals surface area contributed by atoms with Crippen molar-refractivity contribution in [2.45, 2.75) is 44.8 Å². The molecule has 1 aromatic heterocycles. The Bertz CT molecular complexity index is 918. The molecule has 0 spiro atoms. The molecule has 1 amide bonds. The second-order valence-corrected chi connectivity index (χ2v) is 7.40. The fourth-order valence-electron chi connectivity index (χ4n) is 3.54. The van der Waals surface area contributed by atoms with E-state index < -0.39 is 23.7 Å². The maximum atomic E-state index is 13.5. The molecule has 0 saturated heterocycles. The van der Waals surface area contributed by atoms with Gasteiger partial charge in [-0.1, -0.05) is 13.3 Å². The molecule has 0 aliphatic heterocycles. The van der Waals surface area contributed by atoms with Gasteiger partial charge >= 0.3 is 6.18 Å². The molecule has 0 radical (unpaired) electrons. The SMILES string of the molecule is CCCNC(=O)[C@H]1CCC[C@H]1Nc1nc(Nc2ccc(C=O)cc2)ncc1C(F)(F)F. The van der Waals surface area contributed by atoms with Crippen molar-refractivity contribution in [1.82, 2.24) is 15.3 Å². The van der Waals surface area contributed by atoms with Gasteiger partial charge in [-0.2, -0.15) is 18.2 Å². The second-order valence-electron chi connectivity index (χ2n) is 7.40. The topological polar surface area (TPSA) is 96.0 Å². The van der Waals surface area contributed by atoms with Crippen LogP contribution < -0.4 is 16.0 Å². The second kappa shape index (κ2) is 9.76. The Kier molecular flexibility index (Phi) is 7.09. The quantitative estimate of drug-likeness (QED) is 0.539. The number of nitrogens with zero attached hydrogens (tertiary/aromatic N) is 2. The largest absolute Gasteiger partial charge is 0.421 e. The molecule has 3 rings (SSSR count). The lowest BCUT2D eigenvalue weighted by molar-refractivity contribution is -0.137. The number of halogens is 3. The zero-order valence-electron chi connectivity index (χ0n) is 17.0. The molecule has 1 aliphatic carbocycles. The molecule has 0 bridgehead atoms. The van der Waals surface area contributed by atoms with Gasteiger partial charge in [-0.15, -0.1) is 0 Å². The van der Waals surface area contributed by atoms with Crippen molar-refractivity contribution >= 4 is 29.6 Å². The predicted molar refractivity (Wildman–Crippen MR) is 110 cm³/mol. The minimum Gasteiger partial charge on any atom is -0.366 e. The first-order chi connectivity index (χ1) is 14.8. The minimum absolute atomic E-state index is 0.0284. The molecule has 7 nitrogen and oxygen atoms in total. The molecule has 166 valence electrons. The van der Waals surface area contributed by atoms with Crippen molar-refractivity contribution in [2.75, 3.05) is 17.2 Å². The molecular formula is C21H24F3N5O2. The van der Waals surface area contributed by atoms with Crippen LogP contribution in [0.3, 0.4) is 0 Å². The number of aldehydes is 1. The first-order valence-corrected chi connectivity index (χ1v) is 10.1. The lowest BCUT2D eigenvalue weighted by Gasteiger charge is -2.23. The summed E-state index contributed by atoms with van der Waals surface area (Å²) >= 11 is 0. The first kappa shape index (κ1) is 22.5. The summed E-state index contributed by atoms with van der Waals surface area (Å²) < 4.78 is 40.6. The van der Waals surface area contributed by atoms with Crippen LogP contribution in [0.15, 0.2) is 30.5 Å². The highest BCUT2D eigenvalue weighted by atomic mass is 19.4. The van der Waals surface area contributed by atoms with Crippen LogP contribution in [0.25, 0.3) is 0 Å². The van der Waals surface area contributed by atoms with E-state index in [-0.39, 0.29) is 17.7 Å². The van der Waals surface area contributed by atoms with E-state index in [0.29, 0.717) is 36.9 Å². The zero-order valence-corrected chi connectivity index (χ0v) is 17.0. The van der Waals surface area contributed by atoms with Crippen LogP contribution in [0.4, 0.5) is 30.6 Å². The van der Waals surface area contributed by atoms with E-state index in [1.807, 2.05) is 6.92 Å². The highest BCUT2D eigenvalue weighted by Gasteiger charge is 2.38. The molecule has 1 aromatic carbocycles. The fraction of sp³-hybridized carbons (Fsp3) is 0.429. The highest BCUT2D eigenvalue weighted by molar-refractivity contribution is 5.80. The molecule has 10 heteroatoms. The Morgan fingerprint density at radius 2 is 1.97 bits per heavy atom. The molecule has 1 saturated carbocycles. The third kappa shape index (κ3) is 5.71. The monoisotopic (exact) mass is 435 g/mol. The molecule has 1 aliphatic rings. The van der Waals surface area contributed by atoms with Crippen LogP contribution >= 0.6 is 0 Å². The number of aromatic nitrogens is 2. The number of hydrogen-bond donors (Lipinski definition) is 3. The molecule has 1 heterocycles. The summed E-state index contributed by atoms with van der Waals surface area (Å²) in [5.74, 6) is -0.975. The summed E-state index contributed by atoms with van der Waals surface area (Å²) in [5, 5.41) is 8.50. The summed E-state index contributed by atoms with van der Waals surface area (Å²) in [6, 6.07) is 5.88. The predicted octanol–water partition coefficient (Wildman–Crippen LogP) is 4.16. The van der Waals surface area contributed by atoms with Crippen LogP contribution in [0.1, 0.15) is 48.5 Å². The van der Waals surface area contributed by atoms with Gasteiger partial charge in [0, 0.05) is 30.0 Å². The van der Waals surface area contributed by atoms with Crippen LogP contribution in [0.2, 0.25) is 0 Å². The third-order valence-corrected chi connectivity index (χ3v) is 5.12. The van der Waals surface area contributed by atoms with Gasteiger partial charge in [0.2, 0.25) is 11.9 Å². The first-order valence-electron chi connectivity index (χ1n) is 10.1.